The fourth-order valence-corrected chi connectivity index (χ4v) is 1.35. The van der Waals surface area contributed by atoms with Crippen molar-refractivity contribution in [1.82, 2.24) is 0 Å². The molecule has 1 unspecified atom stereocenters. The highest BCUT2D eigenvalue weighted by molar-refractivity contribution is 5.76. The summed E-state index contributed by atoms with van der Waals surface area (Å²) in [6, 6.07) is 6.99. The molecular formula is C11H14O2. The molecule has 0 heterocycles. The van der Waals surface area contributed by atoms with Crippen LogP contribution in [0.3, 0.4) is 0 Å². The van der Waals surface area contributed by atoms with Gasteiger partial charge in [0.25, 0.3) is 0 Å². The smallest absolute Gasteiger partial charge is 0.130 e. The van der Waals surface area contributed by atoms with Gasteiger partial charge in [-0.2, -0.15) is 0 Å². The monoisotopic (exact) mass is 178 g/mol. The summed E-state index contributed by atoms with van der Waals surface area (Å²) >= 11 is 0. The van der Waals surface area contributed by atoms with Crippen molar-refractivity contribution in [3.05, 3.63) is 29.8 Å². The topological polar surface area (TPSA) is 37.3 Å². The van der Waals surface area contributed by atoms with Crippen molar-refractivity contribution < 1.29 is 9.90 Å². The quantitative estimate of drug-likeness (QED) is 0.772. The van der Waals surface area contributed by atoms with Crippen molar-refractivity contribution in [3.63, 3.8) is 0 Å². The van der Waals surface area contributed by atoms with Gasteiger partial charge in [0.05, 0.1) is 0 Å². The third kappa shape index (κ3) is 2.90. The van der Waals surface area contributed by atoms with E-state index in [2.05, 4.69) is 0 Å². The van der Waals surface area contributed by atoms with E-state index < -0.39 is 0 Å². The van der Waals surface area contributed by atoms with Crippen molar-refractivity contribution in [3.8, 4) is 5.75 Å². The van der Waals surface area contributed by atoms with E-state index in [-0.39, 0.29) is 17.5 Å². The predicted octanol–water partition coefficient (Wildman–Crippen LogP) is 2.47. The summed E-state index contributed by atoms with van der Waals surface area (Å²) in [4.78, 5) is 10.8. The molecule has 2 nitrogen and oxygen atoms in total. The molecule has 0 aliphatic heterocycles. The van der Waals surface area contributed by atoms with E-state index in [4.69, 9.17) is 5.11 Å². The van der Waals surface area contributed by atoms with Crippen molar-refractivity contribution in [2.45, 2.75) is 26.2 Å². The molecule has 1 aromatic rings. The highest BCUT2D eigenvalue weighted by atomic mass is 16.3. The van der Waals surface area contributed by atoms with E-state index in [1.807, 2.05) is 19.1 Å². The van der Waals surface area contributed by atoms with Crippen LogP contribution in [0.5, 0.6) is 5.75 Å². The Bertz CT molecular complexity index is 287. The number of carbonyl (C=O) groups is 1. The van der Waals surface area contributed by atoms with Crippen LogP contribution < -0.4 is 0 Å². The second-order valence-electron chi connectivity index (χ2n) is 3.40. The molecular weight excluding hydrogens is 164 g/mol. The zero-order valence-corrected chi connectivity index (χ0v) is 7.95. The molecule has 0 aromatic heterocycles. The largest absolute Gasteiger partial charge is 0.508 e. The lowest BCUT2D eigenvalue weighted by atomic mass is 9.96. The molecule has 1 N–H and O–H groups in total. The highest BCUT2D eigenvalue weighted by Crippen LogP contribution is 2.21. The molecule has 1 rings (SSSR count). The van der Waals surface area contributed by atoms with E-state index >= 15 is 0 Å². The maximum Gasteiger partial charge on any atom is 0.130 e. The van der Waals surface area contributed by atoms with Gasteiger partial charge in [-0.1, -0.05) is 19.1 Å². The van der Waals surface area contributed by atoms with Gasteiger partial charge in [-0.05, 0) is 30.5 Å². The average molecular weight is 178 g/mol. The summed E-state index contributed by atoms with van der Waals surface area (Å²) in [5, 5.41) is 9.05. The summed E-state index contributed by atoms with van der Waals surface area (Å²) < 4.78 is 0. The van der Waals surface area contributed by atoms with Crippen LogP contribution in [0.1, 0.15) is 31.7 Å². The number of carbonyl (C=O) groups excluding carboxylic acids is 1. The van der Waals surface area contributed by atoms with E-state index in [1.54, 1.807) is 19.1 Å². The first-order valence-corrected chi connectivity index (χ1v) is 4.38. The minimum absolute atomic E-state index is 0.195. The Morgan fingerprint density at radius 1 is 1.38 bits per heavy atom. The zero-order valence-electron chi connectivity index (χ0n) is 7.95. The van der Waals surface area contributed by atoms with E-state index in [0.29, 0.717) is 6.42 Å². The van der Waals surface area contributed by atoms with E-state index in [9.17, 15) is 4.79 Å². The van der Waals surface area contributed by atoms with Crippen molar-refractivity contribution >= 4 is 5.78 Å². The Balaban J connectivity index is 2.71. The minimum atomic E-state index is 0.195. The SMILES string of the molecule is CC(=O)CC(C)c1ccc(O)cc1. The van der Waals surface area contributed by atoms with Gasteiger partial charge in [-0.3, -0.25) is 0 Å². The molecule has 0 fully saturated rings. The summed E-state index contributed by atoms with van der Waals surface area (Å²) in [5.74, 6) is 0.692. The number of hydrogen-bond donors (Lipinski definition) is 1. The second-order valence-corrected chi connectivity index (χ2v) is 3.40. The molecule has 1 aromatic carbocycles. The van der Waals surface area contributed by atoms with Gasteiger partial charge < -0.3 is 9.90 Å². The number of benzene rings is 1. The van der Waals surface area contributed by atoms with Crippen molar-refractivity contribution in [1.29, 1.82) is 0 Å². The molecule has 13 heavy (non-hydrogen) atoms. The van der Waals surface area contributed by atoms with Crippen LogP contribution in [0.15, 0.2) is 24.3 Å². The fourth-order valence-electron chi connectivity index (χ4n) is 1.35. The first kappa shape index (κ1) is 9.78. The van der Waals surface area contributed by atoms with Crippen LogP contribution in [0.4, 0.5) is 0 Å². The van der Waals surface area contributed by atoms with Crippen LogP contribution in [0, 0.1) is 0 Å². The first-order valence-electron chi connectivity index (χ1n) is 4.38. The third-order valence-corrected chi connectivity index (χ3v) is 2.06. The van der Waals surface area contributed by atoms with Crippen molar-refractivity contribution in [2.75, 3.05) is 0 Å². The fraction of sp³-hybridized carbons (Fsp3) is 0.364. The van der Waals surface area contributed by atoms with Crippen LogP contribution in [-0.4, -0.2) is 10.9 Å². The molecule has 0 radical (unpaired) electrons. The van der Waals surface area contributed by atoms with Gasteiger partial charge in [0.15, 0.2) is 0 Å². The number of Topliss-reactive ketones (excluding diaryl/α,β-unsaturated/α-hetero) is 1. The van der Waals surface area contributed by atoms with Crippen LogP contribution in [-0.2, 0) is 4.79 Å². The third-order valence-electron chi connectivity index (χ3n) is 2.06. The molecule has 0 spiro atoms. The lowest BCUT2D eigenvalue weighted by Gasteiger charge is -2.09. The summed E-state index contributed by atoms with van der Waals surface area (Å²) in [7, 11) is 0. The Labute approximate surface area is 78.2 Å². The standard InChI is InChI=1S/C11H14O2/c1-8(7-9(2)12)10-3-5-11(13)6-4-10/h3-6,8,13H,7H2,1-2H3. The Hall–Kier alpha value is -1.31. The van der Waals surface area contributed by atoms with Gasteiger partial charge in [-0.15, -0.1) is 0 Å². The molecule has 0 aliphatic carbocycles. The Morgan fingerprint density at radius 2 is 1.92 bits per heavy atom. The maximum absolute atomic E-state index is 10.8. The number of rotatable bonds is 3. The summed E-state index contributed by atoms with van der Waals surface area (Å²) in [5.41, 5.74) is 1.09. The van der Waals surface area contributed by atoms with Crippen LogP contribution in [0.2, 0.25) is 0 Å². The summed E-state index contributed by atoms with van der Waals surface area (Å²) in [6.45, 7) is 3.60. The molecule has 1 atom stereocenters. The number of aromatic hydroxyl groups is 1. The van der Waals surface area contributed by atoms with Gasteiger partial charge in [0.2, 0.25) is 0 Å². The normalized spacial score (nSPS) is 12.5. The number of phenols is 1. The lowest BCUT2D eigenvalue weighted by molar-refractivity contribution is -0.117. The number of phenolic OH excluding ortho intramolecular Hbond substituents is 1. The van der Waals surface area contributed by atoms with Gasteiger partial charge in [-0.25, -0.2) is 0 Å². The predicted molar refractivity (Wildman–Crippen MR) is 51.8 cm³/mol. The highest BCUT2D eigenvalue weighted by Gasteiger charge is 2.07. The second kappa shape index (κ2) is 4.08. The molecule has 2 heteroatoms. The zero-order chi connectivity index (χ0) is 9.84. The summed E-state index contributed by atoms with van der Waals surface area (Å²) in [6.07, 6.45) is 0.560. The van der Waals surface area contributed by atoms with E-state index in [0.717, 1.165) is 5.56 Å². The number of ketones is 1. The molecule has 0 amide bonds. The Kier molecular flexibility index (Phi) is 3.07. The average Bonchev–Trinajstić information content (AvgIpc) is 2.04. The molecule has 0 bridgehead atoms. The van der Waals surface area contributed by atoms with Gasteiger partial charge >= 0.3 is 0 Å². The lowest BCUT2D eigenvalue weighted by Crippen LogP contribution is -1.99. The van der Waals surface area contributed by atoms with E-state index in [1.165, 1.54) is 0 Å². The van der Waals surface area contributed by atoms with Gasteiger partial charge in [0.1, 0.15) is 11.5 Å². The first-order chi connectivity index (χ1) is 6.09. The van der Waals surface area contributed by atoms with Crippen molar-refractivity contribution in [2.24, 2.45) is 0 Å². The number of hydrogen-bond acceptors (Lipinski definition) is 2. The molecule has 70 valence electrons. The van der Waals surface area contributed by atoms with Crippen LogP contribution >= 0.6 is 0 Å². The molecule has 0 saturated heterocycles. The van der Waals surface area contributed by atoms with Gasteiger partial charge in [0, 0.05) is 6.42 Å². The molecule has 0 saturated carbocycles. The molecule has 0 aliphatic rings. The Morgan fingerprint density at radius 3 is 2.38 bits per heavy atom. The van der Waals surface area contributed by atoms with Crippen LogP contribution in [0.25, 0.3) is 0 Å². The minimum Gasteiger partial charge on any atom is -0.508 e. The maximum atomic E-state index is 10.8.